The average Bonchev–Trinajstić information content (AvgIpc) is 3.05. The number of carbonyl (C=O) groups is 1. The number of hydrogen-bond acceptors (Lipinski definition) is 5. The minimum atomic E-state index is -2.05. The lowest BCUT2D eigenvalue weighted by Crippen LogP contribution is -2.51. The molecule has 1 saturated carbocycles. The van der Waals surface area contributed by atoms with Gasteiger partial charge in [-0.05, 0) is 35.4 Å². The summed E-state index contributed by atoms with van der Waals surface area (Å²) in [6.07, 6.45) is 3.10. The first-order valence-electron chi connectivity index (χ1n) is 10.5. The van der Waals surface area contributed by atoms with Gasteiger partial charge >= 0.3 is 0 Å². The smallest absolute Gasteiger partial charge is 0.155 e. The molecule has 32 heavy (non-hydrogen) atoms. The molecule has 2 heterocycles. The number of hydrogen-bond donors (Lipinski definition) is 2. The number of ketones is 1. The highest BCUT2D eigenvalue weighted by molar-refractivity contribution is 5.98. The van der Waals surface area contributed by atoms with Crippen LogP contribution in [0.4, 0.5) is 0 Å². The molecule has 2 aromatic heterocycles. The molecule has 0 aliphatic heterocycles. The maximum Gasteiger partial charge on any atom is 0.155 e. The molecule has 1 fully saturated rings. The van der Waals surface area contributed by atoms with Crippen molar-refractivity contribution in [1.29, 1.82) is 0 Å². The molecule has 4 atom stereocenters. The first kappa shape index (κ1) is 20.2. The van der Waals surface area contributed by atoms with E-state index in [1.807, 2.05) is 36.4 Å². The van der Waals surface area contributed by atoms with Gasteiger partial charge in [-0.3, -0.25) is 14.8 Å². The van der Waals surface area contributed by atoms with Gasteiger partial charge in [0, 0.05) is 12.4 Å². The first-order chi connectivity index (χ1) is 15.6. The molecule has 5 rings (SSSR count). The predicted molar refractivity (Wildman–Crippen MR) is 120 cm³/mol. The van der Waals surface area contributed by atoms with Gasteiger partial charge < -0.3 is 10.2 Å². The Bertz CT molecular complexity index is 1120. The number of rotatable bonds is 4. The van der Waals surface area contributed by atoms with Crippen LogP contribution < -0.4 is 0 Å². The van der Waals surface area contributed by atoms with Crippen molar-refractivity contribution in [1.82, 2.24) is 9.97 Å². The minimum absolute atomic E-state index is 0.216. The van der Waals surface area contributed by atoms with Crippen LogP contribution in [0.25, 0.3) is 0 Å². The zero-order chi connectivity index (χ0) is 22.2. The van der Waals surface area contributed by atoms with Crippen LogP contribution in [0.15, 0.2) is 109 Å². The highest BCUT2D eigenvalue weighted by Gasteiger charge is 2.72. The van der Waals surface area contributed by atoms with Crippen molar-refractivity contribution in [2.24, 2.45) is 0 Å². The van der Waals surface area contributed by atoms with E-state index in [0.717, 1.165) is 0 Å². The van der Waals surface area contributed by atoms with Crippen LogP contribution in [0.3, 0.4) is 0 Å². The summed E-state index contributed by atoms with van der Waals surface area (Å²) in [5, 5.41) is 25.0. The third-order valence-corrected chi connectivity index (χ3v) is 6.36. The second-order valence-corrected chi connectivity index (χ2v) is 8.05. The Morgan fingerprint density at radius 2 is 0.938 bits per heavy atom. The third-order valence-electron chi connectivity index (χ3n) is 6.36. The molecule has 0 amide bonds. The molecule has 0 bridgehead atoms. The lowest BCUT2D eigenvalue weighted by molar-refractivity contribution is -0.162. The fraction of sp³-hybridized carbons (Fsp3) is 0.148. The molecule has 1 aliphatic rings. The van der Waals surface area contributed by atoms with Gasteiger partial charge in [-0.1, -0.05) is 72.8 Å². The number of aliphatic hydroxyl groups is 2. The molecule has 2 N–H and O–H groups in total. The van der Waals surface area contributed by atoms with Crippen LogP contribution in [-0.4, -0.2) is 26.0 Å². The van der Waals surface area contributed by atoms with Crippen LogP contribution in [0.2, 0.25) is 0 Å². The monoisotopic (exact) mass is 422 g/mol. The zero-order valence-corrected chi connectivity index (χ0v) is 17.2. The van der Waals surface area contributed by atoms with Crippen molar-refractivity contribution < 1.29 is 15.0 Å². The van der Waals surface area contributed by atoms with Crippen LogP contribution in [0.5, 0.6) is 0 Å². The average molecular weight is 422 g/mol. The molecule has 2 aromatic carbocycles. The topological polar surface area (TPSA) is 83.3 Å². The molecule has 4 aromatic rings. The quantitative estimate of drug-likeness (QED) is 0.524. The van der Waals surface area contributed by atoms with Crippen molar-refractivity contribution in [2.75, 3.05) is 0 Å². The summed E-state index contributed by atoms with van der Waals surface area (Å²) >= 11 is 0. The summed E-state index contributed by atoms with van der Waals surface area (Å²) in [4.78, 5) is 22.9. The Morgan fingerprint density at radius 1 is 0.562 bits per heavy atom. The van der Waals surface area contributed by atoms with Gasteiger partial charge in [0.15, 0.2) is 17.0 Å². The van der Waals surface area contributed by atoms with Gasteiger partial charge in [0.2, 0.25) is 0 Å². The highest BCUT2D eigenvalue weighted by atomic mass is 16.4. The second kappa shape index (κ2) is 7.79. The number of pyridine rings is 2. The van der Waals surface area contributed by atoms with Crippen molar-refractivity contribution >= 4 is 5.78 Å². The number of nitrogens with zero attached hydrogens (tertiary/aromatic N) is 2. The molecular weight excluding hydrogens is 400 g/mol. The van der Waals surface area contributed by atoms with Crippen molar-refractivity contribution in [3.05, 3.63) is 132 Å². The molecular formula is C27H22N2O3. The van der Waals surface area contributed by atoms with E-state index in [-0.39, 0.29) is 17.2 Å². The first-order valence-corrected chi connectivity index (χ1v) is 10.5. The van der Waals surface area contributed by atoms with E-state index in [1.54, 1.807) is 73.1 Å². The molecule has 0 radical (unpaired) electrons. The van der Waals surface area contributed by atoms with Crippen LogP contribution in [0, 0.1) is 0 Å². The Labute approximate surface area is 186 Å². The largest absolute Gasteiger partial charge is 0.379 e. The van der Waals surface area contributed by atoms with Gasteiger partial charge in [0.1, 0.15) is 0 Å². The van der Waals surface area contributed by atoms with Crippen molar-refractivity contribution in [2.45, 2.75) is 23.0 Å². The molecule has 4 unspecified atom stereocenters. The van der Waals surface area contributed by atoms with Crippen LogP contribution in [0.1, 0.15) is 34.4 Å². The zero-order valence-electron chi connectivity index (χ0n) is 17.2. The van der Waals surface area contributed by atoms with E-state index in [2.05, 4.69) is 9.97 Å². The molecule has 0 spiro atoms. The minimum Gasteiger partial charge on any atom is -0.379 e. The summed E-state index contributed by atoms with van der Waals surface area (Å²) in [6, 6.07) is 28.4. The van der Waals surface area contributed by atoms with Crippen LogP contribution in [-0.2, 0) is 16.0 Å². The lowest BCUT2D eigenvalue weighted by Gasteiger charge is -2.41. The van der Waals surface area contributed by atoms with Gasteiger partial charge in [-0.25, -0.2) is 0 Å². The number of carbonyl (C=O) groups excluding carboxylic acids is 1. The van der Waals surface area contributed by atoms with Crippen molar-refractivity contribution in [3.63, 3.8) is 0 Å². The summed E-state index contributed by atoms with van der Waals surface area (Å²) in [6.45, 7) is 0. The number of benzene rings is 2. The maximum atomic E-state index is 14.1. The predicted octanol–water partition coefficient (Wildman–Crippen LogP) is 3.70. The fourth-order valence-corrected chi connectivity index (χ4v) is 4.98. The third kappa shape index (κ3) is 2.83. The maximum absolute atomic E-state index is 14.1. The highest BCUT2D eigenvalue weighted by Crippen LogP contribution is 2.62. The molecule has 5 nitrogen and oxygen atoms in total. The Morgan fingerprint density at radius 3 is 1.28 bits per heavy atom. The summed E-state index contributed by atoms with van der Waals surface area (Å²) in [7, 11) is 0. The van der Waals surface area contributed by atoms with Crippen LogP contribution >= 0.6 is 0 Å². The molecule has 0 saturated heterocycles. The van der Waals surface area contributed by atoms with E-state index >= 15 is 0 Å². The lowest BCUT2D eigenvalue weighted by atomic mass is 9.70. The number of aromatic nitrogens is 2. The van der Waals surface area contributed by atoms with E-state index < -0.39 is 23.0 Å². The van der Waals surface area contributed by atoms with Gasteiger partial charge in [-0.2, -0.15) is 0 Å². The summed E-state index contributed by atoms with van der Waals surface area (Å²) in [5.41, 5.74) is -2.46. The van der Waals surface area contributed by atoms with E-state index in [9.17, 15) is 15.0 Å². The normalized spacial score (nSPS) is 27.4. The van der Waals surface area contributed by atoms with Crippen molar-refractivity contribution in [3.8, 4) is 0 Å². The standard InChI is InChI=1S/C27H22N2O3/c30-25-23(19-11-3-1-4-12-19)26(31,21-15-7-9-17-28-21)27(32,22-16-8-10-18-29-22)24(25)20-13-5-2-6-14-20/h1-18,23-24,31-32H. The molecule has 158 valence electrons. The van der Waals surface area contributed by atoms with E-state index in [0.29, 0.717) is 11.1 Å². The summed E-state index contributed by atoms with van der Waals surface area (Å²) < 4.78 is 0. The SMILES string of the molecule is O=C1C(c2ccccc2)C(O)(c2ccccn2)C(O)(c2ccccn2)C1c1ccccc1. The number of Topliss-reactive ketones (excluding diaryl/α,β-unsaturated/α-hetero) is 1. The molecule has 5 heteroatoms. The Balaban J connectivity index is 1.87. The molecule has 1 aliphatic carbocycles. The Hall–Kier alpha value is -3.67. The van der Waals surface area contributed by atoms with Gasteiger partial charge in [0.25, 0.3) is 0 Å². The van der Waals surface area contributed by atoms with E-state index in [1.165, 1.54) is 0 Å². The second-order valence-electron chi connectivity index (χ2n) is 8.05. The van der Waals surface area contributed by atoms with E-state index in [4.69, 9.17) is 0 Å². The van der Waals surface area contributed by atoms with Gasteiger partial charge in [0.05, 0.1) is 23.2 Å². The van der Waals surface area contributed by atoms with Gasteiger partial charge in [-0.15, -0.1) is 0 Å². The summed E-state index contributed by atoms with van der Waals surface area (Å²) in [5.74, 6) is -2.38. The Kier molecular flexibility index (Phi) is 4.93. The fourth-order valence-electron chi connectivity index (χ4n) is 4.98.